The summed E-state index contributed by atoms with van der Waals surface area (Å²) in [6, 6.07) is 15.7. The standard InChI is InChI=1S/C27H30N2O4S/c1-2-31-27-25(33-27)18-6-5-7-19(14-18)28-24(21-16-34-23-9-4-3-8-20(21)23)26(30)32-22-15-29-12-10-17(22)11-13-29/h3-9,14,16-17,22,24-25,27-28H,2,10-13,15H2,1H3. The number of hydrogen-bond acceptors (Lipinski definition) is 7. The molecule has 1 aromatic heterocycles. The molecule has 4 atom stereocenters. The van der Waals surface area contributed by atoms with Gasteiger partial charge in [0.1, 0.15) is 12.2 Å². The maximum Gasteiger partial charge on any atom is 0.333 e. The number of rotatable bonds is 8. The van der Waals surface area contributed by atoms with Gasteiger partial charge in [-0.2, -0.15) is 0 Å². The summed E-state index contributed by atoms with van der Waals surface area (Å²) in [5.74, 6) is 0.266. The number of carbonyl (C=O) groups excluding carboxylic acids is 1. The molecule has 1 N–H and O–H groups in total. The molecule has 0 amide bonds. The second-order valence-electron chi connectivity index (χ2n) is 9.38. The van der Waals surface area contributed by atoms with Crippen molar-refractivity contribution in [2.24, 2.45) is 5.92 Å². The third kappa shape index (κ3) is 4.33. The minimum absolute atomic E-state index is 0.0256. The first-order valence-electron chi connectivity index (χ1n) is 12.2. The molecule has 4 aliphatic heterocycles. The van der Waals surface area contributed by atoms with Gasteiger partial charge in [0.2, 0.25) is 0 Å². The maximum atomic E-state index is 13.7. The van der Waals surface area contributed by atoms with Crippen molar-refractivity contribution in [3.8, 4) is 0 Å². The molecule has 4 fully saturated rings. The lowest BCUT2D eigenvalue weighted by atomic mass is 9.86. The van der Waals surface area contributed by atoms with Crippen molar-refractivity contribution in [3.05, 3.63) is 65.0 Å². The third-order valence-electron chi connectivity index (χ3n) is 7.23. The Kier molecular flexibility index (Phi) is 6.03. The van der Waals surface area contributed by atoms with Crippen LogP contribution in [0.1, 0.15) is 43.0 Å². The largest absolute Gasteiger partial charge is 0.459 e. The van der Waals surface area contributed by atoms with E-state index in [1.54, 1.807) is 11.3 Å². The molecule has 4 saturated heterocycles. The second-order valence-corrected chi connectivity index (χ2v) is 10.3. The van der Waals surface area contributed by atoms with E-state index in [4.69, 9.17) is 14.2 Å². The minimum Gasteiger partial charge on any atom is -0.459 e. The molecule has 4 aliphatic rings. The molecule has 34 heavy (non-hydrogen) atoms. The van der Waals surface area contributed by atoms with Crippen LogP contribution >= 0.6 is 11.3 Å². The first-order chi connectivity index (χ1) is 16.7. The van der Waals surface area contributed by atoms with Crippen LogP contribution in [0, 0.1) is 5.92 Å². The van der Waals surface area contributed by atoms with Crippen LogP contribution in [0.4, 0.5) is 5.69 Å². The quantitative estimate of drug-likeness (QED) is 0.358. The van der Waals surface area contributed by atoms with Crippen molar-refractivity contribution in [2.75, 3.05) is 31.6 Å². The molecule has 5 heterocycles. The summed E-state index contributed by atoms with van der Waals surface area (Å²) in [6.07, 6.45) is 1.96. The number of anilines is 1. The molecule has 2 aromatic carbocycles. The number of fused-ring (bicyclic) bond motifs is 4. The molecular weight excluding hydrogens is 448 g/mol. The maximum absolute atomic E-state index is 13.7. The number of ether oxygens (including phenoxy) is 3. The predicted octanol–water partition coefficient (Wildman–Crippen LogP) is 5.13. The molecular formula is C27H30N2O4S. The summed E-state index contributed by atoms with van der Waals surface area (Å²) in [4.78, 5) is 16.1. The van der Waals surface area contributed by atoms with Crippen molar-refractivity contribution >= 4 is 33.1 Å². The number of benzene rings is 2. The van der Waals surface area contributed by atoms with Gasteiger partial charge in [-0.15, -0.1) is 11.3 Å². The summed E-state index contributed by atoms with van der Waals surface area (Å²) >= 11 is 1.66. The van der Waals surface area contributed by atoms with E-state index < -0.39 is 6.04 Å². The Hall–Kier alpha value is -2.45. The topological polar surface area (TPSA) is 63.3 Å². The monoisotopic (exact) mass is 478 g/mol. The van der Waals surface area contributed by atoms with Gasteiger partial charge in [0, 0.05) is 29.1 Å². The number of thiophene rings is 1. The lowest BCUT2D eigenvalue weighted by molar-refractivity contribution is -0.159. The first kappa shape index (κ1) is 22.0. The summed E-state index contributed by atoms with van der Waals surface area (Å²) in [5, 5.41) is 6.67. The molecule has 7 heteroatoms. The van der Waals surface area contributed by atoms with Crippen LogP contribution in [0.25, 0.3) is 10.1 Å². The summed E-state index contributed by atoms with van der Waals surface area (Å²) in [5.41, 5.74) is 2.88. The van der Waals surface area contributed by atoms with E-state index in [1.807, 2.05) is 43.3 Å². The van der Waals surface area contributed by atoms with Crippen molar-refractivity contribution in [3.63, 3.8) is 0 Å². The minimum atomic E-state index is -0.579. The highest BCUT2D eigenvalue weighted by molar-refractivity contribution is 7.17. The van der Waals surface area contributed by atoms with Crippen LogP contribution in [0.5, 0.6) is 0 Å². The van der Waals surface area contributed by atoms with Crippen molar-refractivity contribution in [1.82, 2.24) is 4.90 Å². The Bertz CT molecular complexity index is 1170. The van der Waals surface area contributed by atoms with E-state index in [-0.39, 0.29) is 24.5 Å². The van der Waals surface area contributed by atoms with Crippen LogP contribution in [-0.4, -0.2) is 49.5 Å². The number of nitrogens with one attached hydrogen (secondary N) is 1. The van der Waals surface area contributed by atoms with Gasteiger partial charge in [0.25, 0.3) is 0 Å². The zero-order chi connectivity index (χ0) is 23.1. The summed E-state index contributed by atoms with van der Waals surface area (Å²) < 4.78 is 18.6. The molecule has 6 nitrogen and oxygen atoms in total. The Morgan fingerprint density at radius 3 is 2.85 bits per heavy atom. The number of piperidine rings is 3. The van der Waals surface area contributed by atoms with E-state index in [1.165, 1.54) is 4.70 Å². The second kappa shape index (κ2) is 9.30. The van der Waals surface area contributed by atoms with Gasteiger partial charge in [0.15, 0.2) is 12.3 Å². The van der Waals surface area contributed by atoms with Gasteiger partial charge in [-0.3, -0.25) is 4.90 Å². The van der Waals surface area contributed by atoms with Gasteiger partial charge in [-0.1, -0.05) is 30.3 Å². The number of esters is 1. The summed E-state index contributed by atoms with van der Waals surface area (Å²) in [7, 11) is 0. The highest BCUT2D eigenvalue weighted by atomic mass is 32.1. The van der Waals surface area contributed by atoms with Crippen molar-refractivity contribution in [1.29, 1.82) is 0 Å². The Morgan fingerprint density at radius 2 is 2.06 bits per heavy atom. The third-order valence-corrected chi connectivity index (χ3v) is 8.21. The fourth-order valence-corrected chi connectivity index (χ4v) is 6.33. The van der Waals surface area contributed by atoms with Crippen LogP contribution in [0.15, 0.2) is 53.9 Å². The number of epoxide rings is 1. The highest BCUT2D eigenvalue weighted by Crippen LogP contribution is 2.41. The van der Waals surface area contributed by atoms with Crippen LogP contribution in [0.3, 0.4) is 0 Å². The Labute approximate surface area is 203 Å². The number of hydrogen-bond donors (Lipinski definition) is 1. The van der Waals surface area contributed by atoms with Gasteiger partial charge >= 0.3 is 5.97 Å². The fourth-order valence-electron chi connectivity index (χ4n) is 5.34. The Balaban J connectivity index is 1.27. The molecule has 178 valence electrons. The normalized spacial score (nSPS) is 28.6. The lowest BCUT2D eigenvalue weighted by Crippen LogP contribution is -2.52. The van der Waals surface area contributed by atoms with Crippen LogP contribution in [0.2, 0.25) is 0 Å². The molecule has 4 unspecified atom stereocenters. The molecule has 7 rings (SSSR count). The smallest absolute Gasteiger partial charge is 0.333 e. The van der Waals surface area contributed by atoms with Crippen molar-refractivity contribution in [2.45, 2.75) is 44.3 Å². The Morgan fingerprint density at radius 1 is 1.21 bits per heavy atom. The highest BCUT2D eigenvalue weighted by Gasteiger charge is 2.41. The van der Waals surface area contributed by atoms with Gasteiger partial charge in [0.05, 0.1) is 0 Å². The molecule has 2 bridgehead atoms. The van der Waals surface area contributed by atoms with Gasteiger partial charge in [-0.25, -0.2) is 4.79 Å². The first-order valence-corrected chi connectivity index (χ1v) is 13.1. The average molecular weight is 479 g/mol. The van der Waals surface area contributed by atoms with E-state index in [0.29, 0.717) is 12.5 Å². The van der Waals surface area contributed by atoms with Crippen LogP contribution < -0.4 is 5.32 Å². The number of nitrogens with zero attached hydrogens (tertiary/aromatic N) is 1. The molecule has 3 aromatic rings. The lowest BCUT2D eigenvalue weighted by Gasteiger charge is -2.44. The van der Waals surface area contributed by atoms with Crippen LogP contribution in [-0.2, 0) is 19.0 Å². The zero-order valence-corrected chi connectivity index (χ0v) is 20.1. The average Bonchev–Trinajstić information content (AvgIpc) is 3.52. The summed E-state index contributed by atoms with van der Waals surface area (Å²) in [6.45, 7) is 5.68. The fraction of sp³-hybridized carbons (Fsp3) is 0.444. The SMILES string of the molecule is CCOC1OC1c1cccc(NC(C(=O)OC2CN3CCC2CC3)c2csc3ccccc23)c1. The molecule has 0 aliphatic carbocycles. The van der Waals surface area contributed by atoms with E-state index in [9.17, 15) is 4.79 Å². The van der Waals surface area contributed by atoms with Gasteiger partial charge < -0.3 is 19.5 Å². The molecule has 0 radical (unpaired) electrons. The van der Waals surface area contributed by atoms with E-state index >= 15 is 0 Å². The van der Waals surface area contributed by atoms with Crippen molar-refractivity contribution < 1.29 is 19.0 Å². The van der Waals surface area contributed by atoms with E-state index in [0.717, 1.165) is 54.7 Å². The predicted molar refractivity (Wildman–Crippen MR) is 133 cm³/mol. The molecule has 0 spiro atoms. The molecule has 0 saturated carbocycles. The van der Waals surface area contributed by atoms with E-state index in [2.05, 4.69) is 27.7 Å². The van der Waals surface area contributed by atoms with Gasteiger partial charge in [-0.05, 0) is 73.3 Å². The number of carbonyl (C=O) groups is 1. The zero-order valence-electron chi connectivity index (χ0n) is 19.3.